The van der Waals surface area contributed by atoms with E-state index in [1.807, 2.05) is 32.3 Å². The number of hydrogen-bond acceptors (Lipinski definition) is 3. The average molecular weight is 226 g/mol. The highest BCUT2D eigenvalue weighted by Gasteiger charge is 2.15. The van der Waals surface area contributed by atoms with E-state index in [4.69, 9.17) is 0 Å². The summed E-state index contributed by atoms with van der Waals surface area (Å²) >= 11 is 1.70. The Morgan fingerprint density at radius 3 is 2.93 bits per heavy atom. The Labute approximate surface area is 95.1 Å². The molecule has 0 aliphatic rings. The number of nitrogens with zero attached hydrogens (tertiary/aromatic N) is 1. The molecule has 1 heterocycles. The summed E-state index contributed by atoms with van der Waals surface area (Å²) in [5.74, 6) is 0.147. The largest absolute Gasteiger partial charge is 0.345 e. The molecule has 0 aliphatic carbocycles. The molecule has 1 aromatic heterocycles. The molecule has 84 valence electrons. The van der Waals surface area contributed by atoms with Crippen molar-refractivity contribution < 1.29 is 4.79 Å². The van der Waals surface area contributed by atoms with Crippen LogP contribution in [0.3, 0.4) is 0 Å². The lowest BCUT2D eigenvalue weighted by atomic mass is 10.3. The quantitative estimate of drug-likeness (QED) is 0.829. The van der Waals surface area contributed by atoms with Crippen LogP contribution in [0.15, 0.2) is 17.5 Å². The van der Waals surface area contributed by atoms with Gasteiger partial charge in [-0.1, -0.05) is 6.07 Å². The monoisotopic (exact) mass is 226 g/mol. The zero-order valence-electron chi connectivity index (χ0n) is 9.49. The van der Waals surface area contributed by atoms with Gasteiger partial charge >= 0.3 is 0 Å². The first kappa shape index (κ1) is 12.2. The molecule has 0 saturated carbocycles. The summed E-state index contributed by atoms with van der Waals surface area (Å²) in [6.07, 6.45) is 0. The predicted octanol–water partition coefficient (Wildman–Crippen LogP) is 1.70. The van der Waals surface area contributed by atoms with Crippen molar-refractivity contribution in [1.29, 1.82) is 0 Å². The summed E-state index contributed by atoms with van der Waals surface area (Å²) in [7, 11) is 1.83. The van der Waals surface area contributed by atoms with Crippen LogP contribution in [0.2, 0.25) is 0 Å². The van der Waals surface area contributed by atoms with Crippen LogP contribution in [0.4, 0.5) is 0 Å². The van der Waals surface area contributed by atoms with Crippen LogP contribution in [0.25, 0.3) is 0 Å². The zero-order chi connectivity index (χ0) is 11.3. The van der Waals surface area contributed by atoms with Gasteiger partial charge in [0.15, 0.2) is 0 Å². The van der Waals surface area contributed by atoms with Crippen LogP contribution in [0.1, 0.15) is 18.7 Å². The van der Waals surface area contributed by atoms with Gasteiger partial charge in [-0.2, -0.15) is 0 Å². The Kier molecular flexibility index (Phi) is 4.78. The van der Waals surface area contributed by atoms with Crippen LogP contribution in [-0.2, 0) is 11.3 Å². The van der Waals surface area contributed by atoms with Crippen molar-refractivity contribution in [3.63, 3.8) is 0 Å². The Bertz CT molecular complexity index is 298. The van der Waals surface area contributed by atoms with Crippen LogP contribution >= 0.6 is 11.3 Å². The molecule has 0 bridgehead atoms. The molecular formula is C11H18N2OS. The number of carbonyl (C=O) groups is 1. The second kappa shape index (κ2) is 5.88. The van der Waals surface area contributed by atoms with Gasteiger partial charge in [-0.15, -0.1) is 11.3 Å². The predicted molar refractivity (Wildman–Crippen MR) is 63.9 cm³/mol. The van der Waals surface area contributed by atoms with Crippen molar-refractivity contribution in [2.45, 2.75) is 26.4 Å². The molecule has 1 unspecified atom stereocenters. The van der Waals surface area contributed by atoms with Crippen LogP contribution in [-0.4, -0.2) is 30.4 Å². The molecular weight excluding hydrogens is 208 g/mol. The molecule has 1 N–H and O–H groups in total. The Hall–Kier alpha value is -0.870. The van der Waals surface area contributed by atoms with Gasteiger partial charge in [0.05, 0.1) is 6.04 Å². The maximum Gasteiger partial charge on any atom is 0.239 e. The number of rotatable bonds is 5. The minimum absolute atomic E-state index is 0.114. The van der Waals surface area contributed by atoms with E-state index in [1.54, 1.807) is 16.2 Å². The number of nitrogens with one attached hydrogen (secondary N) is 1. The van der Waals surface area contributed by atoms with E-state index in [-0.39, 0.29) is 11.9 Å². The third kappa shape index (κ3) is 3.64. The van der Waals surface area contributed by atoms with Crippen molar-refractivity contribution in [1.82, 2.24) is 10.2 Å². The van der Waals surface area contributed by atoms with Gasteiger partial charge in [-0.05, 0) is 25.3 Å². The fourth-order valence-electron chi connectivity index (χ4n) is 1.24. The maximum atomic E-state index is 11.7. The summed E-state index contributed by atoms with van der Waals surface area (Å²) in [5.41, 5.74) is 0. The number of thiophene rings is 1. The smallest absolute Gasteiger partial charge is 0.239 e. The van der Waals surface area contributed by atoms with E-state index < -0.39 is 0 Å². The standard InChI is InChI=1S/C11H18N2OS/c1-4-13(3)11(14)9(2)12-8-10-6-5-7-15-10/h5-7,9,12H,4,8H2,1-3H3. The summed E-state index contributed by atoms with van der Waals surface area (Å²) in [5, 5.41) is 5.26. The molecule has 15 heavy (non-hydrogen) atoms. The minimum atomic E-state index is -0.114. The normalized spacial score (nSPS) is 12.5. The highest BCUT2D eigenvalue weighted by Crippen LogP contribution is 2.07. The van der Waals surface area contributed by atoms with Crippen molar-refractivity contribution in [2.75, 3.05) is 13.6 Å². The minimum Gasteiger partial charge on any atom is -0.345 e. The summed E-state index contributed by atoms with van der Waals surface area (Å²) < 4.78 is 0. The van der Waals surface area contributed by atoms with E-state index in [9.17, 15) is 4.79 Å². The number of hydrogen-bond donors (Lipinski definition) is 1. The summed E-state index contributed by atoms with van der Waals surface area (Å²) in [6, 6.07) is 3.97. The second-order valence-corrected chi connectivity index (χ2v) is 4.57. The lowest BCUT2D eigenvalue weighted by Crippen LogP contribution is -2.42. The molecule has 0 fully saturated rings. The first-order valence-electron chi connectivity index (χ1n) is 5.16. The summed E-state index contributed by atoms with van der Waals surface area (Å²) in [4.78, 5) is 14.7. The number of likely N-dealkylation sites (N-methyl/N-ethyl adjacent to an activating group) is 1. The van der Waals surface area contributed by atoms with E-state index in [0.717, 1.165) is 13.1 Å². The fourth-order valence-corrected chi connectivity index (χ4v) is 1.90. The third-order valence-electron chi connectivity index (χ3n) is 2.38. The van der Waals surface area contributed by atoms with Crippen LogP contribution < -0.4 is 5.32 Å². The first-order chi connectivity index (χ1) is 7.15. The first-order valence-corrected chi connectivity index (χ1v) is 6.03. The molecule has 3 nitrogen and oxygen atoms in total. The number of carbonyl (C=O) groups excluding carboxylic acids is 1. The number of amides is 1. The van der Waals surface area contributed by atoms with Crippen LogP contribution in [0, 0.1) is 0 Å². The Morgan fingerprint density at radius 1 is 1.67 bits per heavy atom. The topological polar surface area (TPSA) is 32.3 Å². The molecule has 0 aliphatic heterocycles. The molecule has 0 radical (unpaired) electrons. The van der Waals surface area contributed by atoms with E-state index in [0.29, 0.717) is 0 Å². The van der Waals surface area contributed by atoms with Crippen molar-refractivity contribution >= 4 is 17.2 Å². The van der Waals surface area contributed by atoms with E-state index in [1.165, 1.54) is 4.88 Å². The van der Waals surface area contributed by atoms with Gasteiger partial charge in [-0.3, -0.25) is 4.79 Å². The SMILES string of the molecule is CCN(C)C(=O)C(C)NCc1cccs1. The van der Waals surface area contributed by atoms with Crippen LogP contribution in [0.5, 0.6) is 0 Å². The van der Waals surface area contributed by atoms with Gasteiger partial charge in [0.2, 0.25) is 5.91 Å². The molecule has 0 spiro atoms. The molecule has 0 saturated heterocycles. The third-order valence-corrected chi connectivity index (χ3v) is 3.26. The van der Waals surface area contributed by atoms with Crippen molar-refractivity contribution in [2.24, 2.45) is 0 Å². The lowest BCUT2D eigenvalue weighted by Gasteiger charge is -2.20. The second-order valence-electron chi connectivity index (χ2n) is 3.53. The van der Waals surface area contributed by atoms with Gasteiger partial charge < -0.3 is 10.2 Å². The molecule has 1 amide bonds. The summed E-state index contributed by atoms with van der Waals surface area (Å²) in [6.45, 7) is 5.40. The molecule has 1 atom stereocenters. The highest BCUT2D eigenvalue weighted by atomic mass is 32.1. The average Bonchev–Trinajstić information content (AvgIpc) is 2.76. The van der Waals surface area contributed by atoms with E-state index in [2.05, 4.69) is 11.4 Å². The molecule has 1 rings (SSSR count). The van der Waals surface area contributed by atoms with Gasteiger partial charge in [0.1, 0.15) is 0 Å². The lowest BCUT2D eigenvalue weighted by molar-refractivity contribution is -0.131. The molecule has 4 heteroatoms. The molecule has 1 aromatic rings. The van der Waals surface area contributed by atoms with E-state index >= 15 is 0 Å². The highest BCUT2D eigenvalue weighted by molar-refractivity contribution is 7.09. The van der Waals surface area contributed by atoms with Gasteiger partial charge in [0, 0.05) is 25.0 Å². The van der Waals surface area contributed by atoms with Gasteiger partial charge in [0.25, 0.3) is 0 Å². The Morgan fingerprint density at radius 2 is 2.40 bits per heavy atom. The molecule has 0 aromatic carbocycles. The van der Waals surface area contributed by atoms with Crippen molar-refractivity contribution in [3.8, 4) is 0 Å². The maximum absolute atomic E-state index is 11.7. The zero-order valence-corrected chi connectivity index (χ0v) is 10.3. The van der Waals surface area contributed by atoms with Crippen molar-refractivity contribution in [3.05, 3.63) is 22.4 Å². The van der Waals surface area contributed by atoms with Gasteiger partial charge in [-0.25, -0.2) is 0 Å². The fraction of sp³-hybridized carbons (Fsp3) is 0.545. The Balaban J connectivity index is 2.35.